The average Bonchev–Trinajstić information content (AvgIpc) is 2.36. The quantitative estimate of drug-likeness (QED) is 0.577. The van der Waals surface area contributed by atoms with Crippen LogP contribution in [-0.2, 0) is 14.9 Å². The minimum Gasteiger partial charge on any atom is -0.494 e. The van der Waals surface area contributed by atoms with Crippen molar-refractivity contribution >= 4 is 22.0 Å². The predicted molar refractivity (Wildman–Crippen MR) is 66.1 cm³/mol. The van der Waals surface area contributed by atoms with Gasteiger partial charge in [0.05, 0.1) is 7.11 Å². The SMILES string of the molecule is COc1cccnc1C(=O)NC(CS(=O)(=O)O)C(=O)O. The fourth-order valence-electron chi connectivity index (χ4n) is 1.34. The van der Waals surface area contributed by atoms with E-state index in [1.54, 1.807) is 0 Å². The number of carbonyl (C=O) groups excluding carboxylic acids is 1. The van der Waals surface area contributed by atoms with Gasteiger partial charge in [-0.3, -0.25) is 9.35 Å². The lowest BCUT2D eigenvalue weighted by Crippen LogP contribution is -2.45. The molecule has 0 saturated heterocycles. The Morgan fingerprint density at radius 1 is 1.50 bits per heavy atom. The van der Waals surface area contributed by atoms with Crippen LogP contribution >= 0.6 is 0 Å². The Balaban J connectivity index is 2.94. The Bertz CT molecular complexity index is 614. The van der Waals surface area contributed by atoms with E-state index in [2.05, 4.69) is 4.98 Å². The maximum absolute atomic E-state index is 11.8. The van der Waals surface area contributed by atoms with Crippen molar-refractivity contribution in [1.29, 1.82) is 0 Å². The summed E-state index contributed by atoms with van der Waals surface area (Å²) in [7, 11) is -3.27. The first kappa shape index (κ1) is 15.9. The predicted octanol–water partition coefficient (Wildman–Crippen LogP) is -0.839. The zero-order valence-electron chi connectivity index (χ0n) is 10.3. The second-order valence-electron chi connectivity index (χ2n) is 3.67. The summed E-state index contributed by atoms with van der Waals surface area (Å²) in [5.74, 6) is -3.59. The molecule has 0 spiro atoms. The molecule has 3 N–H and O–H groups in total. The molecule has 1 heterocycles. The van der Waals surface area contributed by atoms with Crippen molar-refractivity contribution in [3.8, 4) is 5.75 Å². The summed E-state index contributed by atoms with van der Waals surface area (Å²) in [6, 6.07) is 1.13. The van der Waals surface area contributed by atoms with Gasteiger partial charge >= 0.3 is 5.97 Å². The second-order valence-corrected chi connectivity index (χ2v) is 5.16. The van der Waals surface area contributed by atoms with Gasteiger partial charge < -0.3 is 15.2 Å². The van der Waals surface area contributed by atoms with E-state index in [4.69, 9.17) is 14.4 Å². The van der Waals surface area contributed by atoms with Crippen LogP contribution < -0.4 is 10.1 Å². The number of carboxylic acid groups (broad SMARTS) is 1. The molecule has 110 valence electrons. The first-order valence-corrected chi connectivity index (χ1v) is 6.83. The molecule has 1 aromatic rings. The maximum Gasteiger partial charge on any atom is 0.327 e. The molecule has 1 unspecified atom stereocenters. The third-order valence-corrected chi connectivity index (χ3v) is 2.94. The third kappa shape index (κ3) is 4.48. The minimum atomic E-state index is -4.56. The zero-order valence-corrected chi connectivity index (χ0v) is 11.1. The fraction of sp³-hybridized carbons (Fsp3) is 0.300. The molecule has 10 heteroatoms. The van der Waals surface area contributed by atoms with Gasteiger partial charge in [0, 0.05) is 6.20 Å². The number of hydrogen-bond donors (Lipinski definition) is 3. The molecule has 1 atom stereocenters. The molecular weight excluding hydrogens is 292 g/mol. The molecular formula is C10H12N2O7S. The number of pyridine rings is 1. The van der Waals surface area contributed by atoms with Crippen LogP contribution in [-0.4, -0.2) is 53.8 Å². The second kappa shape index (κ2) is 6.30. The van der Waals surface area contributed by atoms with Crippen molar-refractivity contribution in [1.82, 2.24) is 10.3 Å². The maximum atomic E-state index is 11.8. The van der Waals surface area contributed by atoms with E-state index in [1.165, 1.54) is 25.4 Å². The highest BCUT2D eigenvalue weighted by molar-refractivity contribution is 7.85. The summed E-state index contributed by atoms with van der Waals surface area (Å²) < 4.78 is 34.9. The topological polar surface area (TPSA) is 143 Å². The van der Waals surface area contributed by atoms with Gasteiger partial charge in [-0.1, -0.05) is 0 Å². The summed E-state index contributed by atoms with van der Waals surface area (Å²) in [6.07, 6.45) is 1.29. The number of aromatic nitrogens is 1. The molecule has 0 aromatic carbocycles. The normalized spacial score (nSPS) is 12.5. The standard InChI is InChI=1S/C10H12N2O7S/c1-19-7-3-2-4-11-8(7)9(13)12-6(10(14)15)5-20(16,17)18/h2-4,6H,5H2,1H3,(H,12,13)(H,14,15)(H,16,17,18). The monoisotopic (exact) mass is 304 g/mol. The molecule has 1 aromatic heterocycles. The smallest absolute Gasteiger partial charge is 0.327 e. The number of nitrogens with zero attached hydrogens (tertiary/aromatic N) is 1. The van der Waals surface area contributed by atoms with Gasteiger partial charge in [-0.15, -0.1) is 0 Å². The molecule has 1 amide bonds. The number of ether oxygens (including phenoxy) is 1. The van der Waals surface area contributed by atoms with Gasteiger partial charge in [0.1, 0.15) is 17.5 Å². The van der Waals surface area contributed by atoms with Crippen LogP contribution in [0.2, 0.25) is 0 Å². The number of hydrogen-bond acceptors (Lipinski definition) is 6. The molecule has 0 aliphatic carbocycles. The van der Waals surface area contributed by atoms with Crippen molar-refractivity contribution in [3.05, 3.63) is 24.0 Å². The van der Waals surface area contributed by atoms with Gasteiger partial charge in [0.15, 0.2) is 5.69 Å². The van der Waals surface area contributed by atoms with E-state index in [0.717, 1.165) is 0 Å². The highest BCUT2D eigenvalue weighted by atomic mass is 32.2. The summed E-state index contributed by atoms with van der Waals surface area (Å²) in [5, 5.41) is 10.8. The van der Waals surface area contributed by atoms with Gasteiger partial charge in [-0.2, -0.15) is 8.42 Å². The number of carboxylic acids is 1. The van der Waals surface area contributed by atoms with E-state index in [1.807, 2.05) is 5.32 Å². The van der Waals surface area contributed by atoms with Crippen LogP contribution in [0.1, 0.15) is 10.5 Å². The number of amides is 1. The van der Waals surface area contributed by atoms with Crippen molar-refractivity contribution in [3.63, 3.8) is 0 Å². The molecule has 0 saturated carbocycles. The number of carbonyl (C=O) groups is 2. The Labute approximate surface area is 114 Å². The zero-order chi connectivity index (χ0) is 15.3. The lowest BCUT2D eigenvalue weighted by molar-refractivity contribution is -0.138. The molecule has 0 aliphatic rings. The Morgan fingerprint density at radius 2 is 2.15 bits per heavy atom. The van der Waals surface area contributed by atoms with Crippen molar-refractivity contribution in [2.24, 2.45) is 0 Å². The number of nitrogens with one attached hydrogen (secondary N) is 1. The van der Waals surface area contributed by atoms with Gasteiger partial charge in [0.25, 0.3) is 16.0 Å². The van der Waals surface area contributed by atoms with Crippen molar-refractivity contribution in [2.45, 2.75) is 6.04 Å². The van der Waals surface area contributed by atoms with Crippen LogP contribution in [0, 0.1) is 0 Å². The lowest BCUT2D eigenvalue weighted by Gasteiger charge is -2.13. The Morgan fingerprint density at radius 3 is 2.65 bits per heavy atom. The molecule has 9 nitrogen and oxygen atoms in total. The van der Waals surface area contributed by atoms with E-state index < -0.39 is 33.8 Å². The number of methoxy groups -OCH3 is 1. The van der Waals surface area contributed by atoms with E-state index in [-0.39, 0.29) is 11.4 Å². The van der Waals surface area contributed by atoms with Crippen molar-refractivity contribution < 1.29 is 32.4 Å². The van der Waals surface area contributed by atoms with Crippen LogP contribution in [0.25, 0.3) is 0 Å². The molecule has 0 radical (unpaired) electrons. The molecule has 0 fully saturated rings. The summed E-state index contributed by atoms with van der Waals surface area (Å²) in [6.45, 7) is 0. The van der Waals surface area contributed by atoms with Gasteiger partial charge in [0.2, 0.25) is 0 Å². The van der Waals surface area contributed by atoms with E-state index in [9.17, 15) is 18.0 Å². The number of rotatable bonds is 6. The average molecular weight is 304 g/mol. The summed E-state index contributed by atoms with van der Waals surface area (Å²) >= 11 is 0. The highest BCUT2D eigenvalue weighted by Gasteiger charge is 2.27. The lowest BCUT2D eigenvalue weighted by atomic mass is 10.2. The highest BCUT2D eigenvalue weighted by Crippen LogP contribution is 2.14. The molecule has 20 heavy (non-hydrogen) atoms. The van der Waals surface area contributed by atoms with Crippen molar-refractivity contribution in [2.75, 3.05) is 12.9 Å². The fourth-order valence-corrected chi connectivity index (χ4v) is 1.98. The molecule has 1 rings (SSSR count). The van der Waals surface area contributed by atoms with Gasteiger partial charge in [-0.25, -0.2) is 9.78 Å². The van der Waals surface area contributed by atoms with E-state index >= 15 is 0 Å². The summed E-state index contributed by atoms with van der Waals surface area (Å²) in [5.41, 5.74) is -0.198. The minimum absolute atomic E-state index is 0.0981. The van der Waals surface area contributed by atoms with Gasteiger partial charge in [-0.05, 0) is 12.1 Å². The van der Waals surface area contributed by atoms with E-state index in [0.29, 0.717) is 0 Å². The van der Waals surface area contributed by atoms with Crippen LogP contribution in [0.5, 0.6) is 5.75 Å². The largest absolute Gasteiger partial charge is 0.494 e. The first-order chi connectivity index (χ1) is 9.24. The first-order valence-electron chi connectivity index (χ1n) is 5.22. The third-order valence-electron chi connectivity index (χ3n) is 2.19. The van der Waals surface area contributed by atoms with Crippen LogP contribution in [0.15, 0.2) is 18.3 Å². The molecule has 0 aliphatic heterocycles. The summed E-state index contributed by atoms with van der Waals surface area (Å²) in [4.78, 5) is 26.4. The Hall–Kier alpha value is -2.20. The molecule has 0 bridgehead atoms. The Kier molecular flexibility index (Phi) is 5.00. The van der Waals surface area contributed by atoms with Crippen LogP contribution in [0.3, 0.4) is 0 Å². The number of aliphatic carboxylic acids is 1. The van der Waals surface area contributed by atoms with Crippen LogP contribution in [0.4, 0.5) is 0 Å².